The van der Waals surface area contributed by atoms with Crippen molar-refractivity contribution in [2.75, 3.05) is 0 Å². The fourth-order valence-corrected chi connectivity index (χ4v) is 6.23. The molecule has 0 N–H and O–H groups in total. The van der Waals surface area contributed by atoms with Crippen LogP contribution in [0.3, 0.4) is 0 Å². The summed E-state index contributed by atoms with van der Waals surface area (Å²) in [6.07, 6.45) is 0. The summed E-state index contributed by atoms with van der Waals surface area (Å²) in [5.41, 5.74) is 5.91. The number of furan rings is 2. The van der Waals surface area contributed by atoms with E-state index < -0.39 is 0 Å². The predicted molar refractivity (Wildman–Crippen MR) is 154 cm³/mol. The van der Waals surface area contributed by atoms with E-state index in [1.807, 2.05) is 18.2 Å². The molecule has 2 nitrogen and oxygen atoms in total. The zero-order valence-corrected chi connectivity index (χ0v) is 20.7. The molecule has 0 bridgehead atoms. The van der Waals surface area contributed by atoms with Crippen LogP contribution in [0.4, 0.5) is 0 Å². The normalized spacial score (nSPS) is 12.1. The first kappa shape index (κ1) is 19.5. The Bertz CT molecular complexity index is 2130. The second-order valence-electron chi connectivity index (χ2n) is 9.03. The lowest BCUT2D eigenvalue weighted by Crippen LogP contribution is -1.87. The van der Waals surface area contributed by atoms with Crippen LogP contribution in [-0.4, -0.2) is 0 Å². The molecule has 3 heteroatoms. The van der Waals surface area contributed by atoms with Gasteiger partial charge in [-0.25, -0.2) is 0 Å². The van der Waals surface area contributed by atoms with Crippen LogP contribution in [0, 0.1) is 3.57 Å². The van der Waals surface area contributed by atoms with Crippen LogP contribution in [0.25, 0.3) is 76.5 Å². The average molecular weight is 560 g/mol. The molecule has 0 atom stereocenters. The number of hydrogen-bond acceptors (Lipinski definition) is 2. The number of para-hydroxylation sites is 1. The molecule has 0 saturated carbocycles. The zero-order valence-electron chi connectivity index (χ0n) is 18.5. The number of rotatable bonds is 1. The van der Waals surface area contributed by atoms with Gasteiger partial charge in [0.05, 0.1) is 0 Å². The van der Waals surface area contributed by atoms with Crippen molar-refractivity contribution in [1.82, 2.24) is 0 Å². The van der Waals surface area contributed by atoms with Crippen molar-refractivity contribution in [3.05, 3.63) is 107 Å². The van der Waals surface area contributed by atoms with E-state index in [-0.39, 0.29) is 0 Å². The summed E-state index contributed by atoms with van der Waals surface area (Å²) in [6.45, 7) is 0. The minimum Gasteiger partial charge on any atom is -0.456 e. The van der Waals surface area contributed by atoms with Crippen LogP contribution < -0.4 is 0 Å². The van der Waals surface area contributed by atoms with E-state index >= 15 is 0 Å². The van der Waals surface area contributed by atoms with Crippen molar-refractivity contribution >= 4 is 88.0 Å². The van der Waals surface area contributed by atoms with E-state index in [0.29, 0.717) is 0 Å². The summed E-state index contributed by atoms with van der Waals surface area (Å²) < 4.78 is 13.9. The van der Waals surface area contributed by atoms with Crippen LogP contribution in [0.5, 0.6) is 0 Å². The fraction of sp³-hybridized carbons (Fsp3) is 0. The maximum absolute atomic E-state index is 6.50. The molecule has 2 heterocycles. The van der Waals surface area contributed by atoms with Gasteiger partial charge in [-0.1, -0.05) is 72.8 Å². The summed E-state index contributed by atoms with van der Waals surface area (Å²) in [4.78, 5) is 0. The molecule has 35 heavy (non-hydrogen) atoms. The molecule has 8 rings (SSSR count). The Morgan fingerprint density at radius 2 is 1.03 bits per heavy atom. The molecule has 0 radical (unpaired) electrons. The third kappa shape index (κ3) is 2.70. The molecule has 0 saturated heterocycles. The van der Waals surface area contributed by atoms with E-state index in [0.717, 1.165) is 43.9 Å². The highest BCUT2D eigenvalue weighted by atomic mass is 127. The molecule has 6 aromatic carbocycles. The van der Waals surface area contributed by atoms with E-state index in [2.05, 4.69) is 108 Å². The molecule has 164 valence electrons. The smallest absolute Gasteiger partial charge is 0.139 e. The standard InChI is InChI=1S/C32H17IO2/c33-27-14-13-20(18-7-1-3-9-21(18)27)24-16-31-32(23-11-4-2-8-19(23)24)26-15-25-22-10-5-6-12-28(22)34-29(25)17-30(26)35-31/h1-17H. The fourth-order valence-electron chi connectivity index (χ4n) is 5.58. The lowest BCUT2D eigenvalue weighted by atomic mass is 9.92. The lowest BCUT2D eigenvalue weighted by Gasteiger charge is -2.12. The Balaban J connectivity index is 1.52. The molecule has 0 aliphatic carbocycles. The third-order valence-corrected chi connectivity index (χ3v) is 8.08. The van der Waals surface area contributed by atoms with Gasteiger partial charge in [0.2, 0.25) is 0 Å². The van der Waals surface area contributed by atoms with Gasteiger partial charge in [0, 0.05) is 31.2 Å². The number of hydrogen-bond donors (Lipinski definition) is 0. The Morgan fingerprint density at radius 3 is 1.86 bits per heavy atom. The van der Waals surface area contributed by atoms with Crippen LogP contribution in [0.15, 0.2) is 112 Å². The highest BCUT2D eigenvalue weighted by molar-refractivity contribution is 14.1. The van der Waals surface area contributed by atoms with E-state index in [9.17, 15) is 0 Å². The molecule has 0 unspecified atom stereocenters. The van der Waals surface area contributed by atoms with Crippen molar-refractivity contribution in [3.63, 3.8) is 0 Å². The SMILES string of the molecule is Ic1ccc(-c2cc3oc4cc5oc6ccccc6c5cc4c3c3ccccc23)c2ccccc12. The van der Waals surface area contributed by atoms with Crippen molar-refractivity contribution in [2.45, 2.75) is 0 Å². The number of benzene rings is 6. The van der Waals surface area contributed by atoms with Crippen LogP contribution in [-0.2, 0) is 0 Å². The topological polar surface area (TPSA) is 26.3 Å². The van der Waals surface area contributed by atoms with Crippen molar-refractivity contribution < 1.29 is 8.83 Å². The second kappa shape index (κ2) is 7.09. The molecule has 0 aliphatic rings. The molecular formula is C32H17IO2. The molecule has 0 amide bonds. The molecular weight excluding hydrogens is 543 g/mol. The van der Waals surface area contributed by atoms with Gasteiger partial charge < -0.3 is 8.83 Å². The van der Waals surface area contributed by atoms with Gasteiger partial charge in [0.15, 0.2) is 0 Å². The highest BCUT2D eigenvalue weighted by Crippen LogP contribution is 2.43. The molecule has 2 aromatic heterocycles. The predicted octanol–water partition coefficient (Wildman–Crippen LogP) is 10.1. The van der Waals surface area contributed by atoms with Gasteiger partial charge in [-0.2, -0.15) is 0 Å². The quantitative estimate of drug-likeness (QED) is 0.187. The van der Waals surface area contributed by atoms with E-state index in [1.54, 1.807) is 0 Å². The summed E-state index contributed by atoms with van der Waals surface area (Å²) in [7, 11) is 0. The second-order valence-corrected chi connectivity index (χ2v) is 10.2. The molecule has 0 spiro atoms. The zero-order chi connectivity index (χ0) is 23.1. The van der Waals surface area contributed by atoms with Gasteiger partial charge in [0.1, 0.15) is 22.3 Å². The van der Waals surface area contributed by atoms with Gasteiger partial charge in [0.25, 0.3) is 0 Å². The number of halogens is 1. The Hall–Kier alpha value is -3.83. The van der Waals surface area contributed by atoms with E-state index in [4.69, 9.17) is 8.83 Å². The van der Waals surface area contributed by atoms with Crippen LogP contribution in [0.2, 0.25) is 0 Å². The number of fused-ring (bicyclic) bond motifs is 9. The molecule has 0 fully saturated rings. The van der Waals surface area contributed by atoms with E-state index in [1.165, 1.54) is 36.2 Å². The highest BCUT2D eigenvalue weighted by Gasteiger charge is 2.18. The molecule has 8 aromatic rings. The minimum absolute atomic E-state index is 0.848. The van der Waals surface area contributed by atoms with Gasteiger partial charge >= 0.3 is 0 Å². The third-order valence-electron chi connectivity index (χ3n) is 7.14. The maximum atomic E-state index is 6.50. The summed E-state index contributed by atoms with van der Waals surface area (Å²) in [5, 5.41) is 9.48. The maximum Gasteiger partial charge on any atom is 0.139 e. The van der Waals surface area contributed by atoms with Crippen molar-refractivity contribution in [2.24, 2.45) is 0 Å². The summed E-state index contributed by atoms with van der Waals surface area (Å²) >= 11 is 2.42. The molecule has 0 aliphatic heterocycles. The summed E-state index contributed by atoms with van der Waals surface area (Å²) in [6, 6.07) is 36.4. The first-order chi connectivity index (χ1) is 17.3. The van der Waals surface area contributed by atoms with Crippen LogP contribution in [0.1, 0.15) is 0 Å². The summed E-state index contributed by atoms with van der Waals surface area (Å²) in [5.74, 6) is 0. The van der Waals surface area contributed by atoms with Crippen molar-refractivity contribution in [3.8, 4) is 11.1 Å². The average Bonchev–Trinajstić information content (AvgIpc) is 3.44. The first-order valence-corrected chi connectivity index (χ1v) is 12.7. The first-order valence-electron chi connectivity index (χ1n) is 11.6. The van der Waals surface area contributed by atoms with Gasteiger partial charge in [-0.3, -0.25) is 0 Å². The minimum atomic E-state index is 0.848. The Labute approximate surface area is 213 Å². The van der Waals surface area contributed by atoms with Gasteiger partial charge in [-0.15, -0.1) is 0 Å². The largest absolute Gasteiger partial charge is 0.456 e. The Kier molecular flexibility index (Phi) is 3.95. The van der Waals surface area contributed by atoms with Crippen molar-refractivity contribution in [1.29, 1.82) is 0 Å². The van der Waals surface area contributed by atoms with Gasteiger partial charge in [-0.05, 0) is 79.5 Å². The monoisotopic (exact) mass is 560 g/mol. The lowest BCUT2D eigenvalue weighted by molar-refractivity contribution is 0.656. The Morgan fingerprint density at radius 1 is 0.400 bits per heavy atom. The van der Waals surface area contributed by atoms with Crippen LogP contribution >= 0.6 is 22.6 Å².